The molecule has 1 heterocycles. The summed E-state index contributed by atoms with van der Waals surface area (Å²) >= 11 is 5.81. The van der Waals surface area contributed by atoms with Crippen molar-refractivity contribution in [3.8, 4) is 5.75 Å². The number of hydrogen-bond acceptors (Lipinski definition) is 2. The topological polar surface area (TPSA) is 31.2 Å². The largest absolute Gasteiger partial charge is 0.494 e. The van der Waals surface area contributed by atoms with E-state index >= 15 is 0 Å². The number of aromatic nitrogens is 1. The van der Waals surface area contributed by atoms with E-state index in [-0.39, 0.29) is 5.78 Å². The lowest BCUT2D eigenvalue weighted by atomic mass is 10.2. The number of ketones is 1. The van der Waals surface area contributed by atoms with Crippen molar-refractivity contribution in [2.45, 2.75) is 26.8 Å². The molecule has 1 aromatic heterocycles. The zero-order chi connectivity index (χ0) is 14.5. The van der Waals surface area contributed by atoms with E-state index in [0.29, 0.717) is 11.6 Å². The molecule has 0 saturated carbocycles. The number of carbonyl (C=O) groups is 1. The standard InChI is InChI=1S/C16H18ClNO2/c1-12-16(13(2)19)8-10-18(12)9-3-11-20-15-6-4-14(17)5-7-15/h4-8,10H,3,9,11H2,1-2H3. The van der Waals surface area contributed by atoms with Crippen molar-refractivity contribution in [3.05, 3.63) is 52.8 Å². The Hall–Kier alpha value is -1.74. The Morgan fingerprint density at radius 2 is 1.95 bits per heavy atom. The minimum absolute atomic E-state index is 0.110. The van der Waals surface area contributed by atoms with Crippen LogP contribution in [0, 0.1) is 6.92 Å². The van der Waals surface area contributed by atoms with Crippen molar-refractivity contribution in [1.82, 2.24) is 4.57 Å². The van der Waals surface area contributed by atoms with E-state index in [1.165, 1.54) is 0 Å². The SMILES string of the molecule is CC(=O)c1ccn(CCCOc2ccc(Cl)cc2)c1C. The highest BCUT2D eigenvalue weighted by Crippen LogP contribution is 2.16. The number of carbonyl (C=O) groups excluding carboxylic acids is 1. The van der Waals surface area contributed by atoms with Crippen LogP contribution in [0.2, 0.25) is 5.02 Å². The molecule has 0 atom stereocenters. The highest BCUT2D eigenvalue weighted by molar-refractivity contribution is 6.30. The number of benzene rings is 1. The molecule has 0 amide bonds. The normalized spacial score (nSPS) is 10.6. The van der Waals surface area contributed by atoms with E-state index in [0.717, 1.165) is 30.0 Å². The molecule has 0 spiro atoms. The van der Waals surface area contributed by atoms with Crippen LogP contribution in [-0.4, -0.2) is 17.0 Å². The number of halogens is 1. The molecule has 0 aliphatic carbocycles. The average Bonchev–Trinajstić information content (AvgIpc) is 2.78. The third-order valence-electron chi connectivity index (χ3n) is 3.25. The average molecular weight is 292 g/mol. The number of hydrogen-bond donors (Lipinski definition) is 0. The van der Waals surface area contributed by atoms with Crippen LogP contribution in [0.25, 0.3) is 0 Å². The predicted molar refractivity (Wildman–Crippen MR) is 80.7 cm³/mol. The molecule has 0 bridgehead atoms. The molecule has 0 saturated heterocycles. The van der Waals surface area contributed by atoms with Crippen LogP contribution in [0.15, 0.2) is 36.5 Å². The predicted octanol–water partition coefficient (Wildman–Crippen LogP) is 4.12. The number of aryl methyl sites for hydroxylation is 1. The Morgan fingerprint density at radius 3 is 2.55 bits per heavy atom. The number of nitrogens with zero attached hydrogens (tertiary/aromatic N) is 1. The van der Waals surface area contributed by atoms with Crippen molar-refractivity contribution < 1.29 is 9.53 Å². The van der Waals surface area contributed by atoms with Gasteiger partial charge in [-0.3, -0.25) is 4.79 Å². The van der Waals surface area contributed by atoms with E-state index in [4.69, 9.17) is 16.3 Å². The molecule has 2 aromatic rings. The maximum absolute atomic E-state index is 11.4. The second kappa shape index (κ2) is 6.62. The van der Waals surface area contributed by atoms with Gasteiger partial charge >= 0.3 is 0 Å². The highest BCUT2D eigenvalue weighted by atomic mass is 35.5. The second-order valence-electron chi connectivity index (χ2n) is 4.72. The van der Waals surface area contributed by atoms with Gasteiger partial charge in [0.05, 0.1) is 6.61 Å². The van der Waals surface area contributed by atoms with Gasteiger partial charge in [-0.05, 0) is 50.6 Å². The molecular weight excluding hydrogens is 274 g/mol. The summed E-state index contributed by atoms with van der Waals surface area (Å²) in [5.41, 5.74) is 1.81. The summed E-state index contributed by atoms with van der Waals surface area (Å²) in [6.45, 7) is 5.04. The van der Waals surface area contributed by atoms with Crippen molar-refractivity contribution in [3.63, 3.8) is 0 Å². The molecule has 0 aliphatic rings. The van der Waals surface area contributed by atoms with E-state index in [2.05, 4.69) is 4.57 Å². The first kappa shape index (κ1) is 14.7. The maximum atomic E-state index is 11.4. The lowest BCUT2D eigenvalue weighted by Crippen LogP contribution is -2.06. The Kier molecular flexibility index (Phi) is 4.85. The van der Waals surface area contributed by atoms with Crippen LogP contribution in [0.4, 0.5) is 0 Å². The van der Waals surface area contributed by atoms with Crippen LogP contribution in [0.1, 0.15) is 29.4 Å². The van der Waals surface area contributed by atoms with Crippen LogP contribution in [0.3, 0.4) is 0 Å². The highest BCUT2D eigenvalue weighted by Gasteiger charge is 2.08. The van der Waals surface area contributed by atoms with Crippen molar-refractivity contribution in [2.24, 2.45) is 0 Å². The minimum Gasteiger partial charge on any atom is -0.494 e. The molecule has 0 fully saturated rings. The van der Waals surface area contributed by atoms with Gasteiger partial charge in [0.25, 0.3) is 0 Å². The van der Waals surface area contributed by atoms with Gasteiger partial charge in [0.15, 0.2) is 5.78 Å². The lowest BCUT2D eigenvalue weighted by molar-refractivity contribution is 0.101. The molecule has 20 heavy (non-hydrogen) atoms. The molecule has 2 rings (SSSR count). The van der Waals surface area contributed by atoms with Crippen LogP contribution in [-0.2, 0) is 6.54 Å². The van der Waals surface area contributed by atoms with Gasteiger partial charge in [0, 0.05) is 29.0 Å². The van der Waals surface area contributed by atoms with Crippen molar-refractivity contribution in [2.75, 3.05) is 6.61 Å². The molecule has 0 aliphatic heterocycles. The van der Waals surface area contributed by atoms with Crippen LogP contribution < -0.4 is 4.74 Å². The Balaban J connectivity index is 1.81. The molecule has 3 nitrogen and oxygen atoms in total. The molecule has 106 valence electrons. The van der Waals surface area contributed by atoms with Crippen molar-refractivity contribution >= 4 is 17.4 Å². The molecule has 0 unspecified atom stereocenters. The van der Waals surface area contributed by atoms with Gasteiger partial charge in [0.2, 0.25) is 0 Å². The van der Waals surface area contributed by atoms with E-state index in [1.807, 2.05) is 43.5 Å². The van der Waals surface area contributed by atoms with E-state index in [1.54, 1.807) is 6.92 Å². The first-order chi connectivity index (χ1) is 9.58. The first-order valence-corrected chi connectivity index (χ1v) is 7.01. The molecule has 0 N–H and O–H groups in total. The van der Waals surface area contributed by atoms with Gasteiger partial charge < -0.3 is 9.30 Å². The summed E-state index contributed by atoms with van der Waals surface area (Å²) in [5.74, 6) is 0.932. The summed E-state index contributed by atoms with van der Waals surface area (Å²) in [4.78, 5) is 11.4. The van der Waals surface area contributed by atoms with Gasteiger partial charge in [-0.15, -0.1) is 0 Å². The summed E-state index contributed by atoms with van der Waals surface area (Å²) in [5, 5.41) is 0.706. The van der Waals surface area contributed by atoms with Gasteiger partial charge in [-0.25, -0.2) is 0 Å². The van der Waals surface area contributed by atoms with Gasteiger partial charge in [-0.1, -0.05) is 11.6 Å². The monoisotopic (exact) mass is 291 g/mol. The maximum Gasteiger partial charge on any atom is 0.161 e. The fraction of sp³-hybridized carbons (Fsp3) is 0.312. The molecule has 0 radical (unpaired) electrons. The lowest BCUT2D eigenvalue weighted by Gasteiger charge is -2.09. The quantitative estimate of drug-likeness (QED) is 0.592. The zero-order valence-corrected chi connectivity index (χ0v) is 12.5. The Morgan fingerprint density at radius 1 is 1.25 bits per heavy atom. The third-order valence-corrected chi connectivity index (χ3v) is 3.50. The fourth-order valence-electron chi connectivity index (χ4n) is 2.12. The second-order valence-corrected chi connectivity index (χ2v) is 5.16. The third kappa shape index (κ3) is 3.64. The fourth-order valence-corrected chi connectivity index (χ4v) is 2.25. The van der Waals surface area contributed by atoms with Gasteiger partial charge in [-0.2, -0.15) is 0 Å². The molecular formula is C16H18ClNO2. The first-order valence-electron chi connectivity index (χ1n) is 6.63. The van der Waals surface area contributed by atoms with Crippen LogP contribution >= 0.6 is 11.6 Å². The smallest absolute Gasteiger partial charge is 0.161 e. The van der Waals surface area contributed by atoms with E-state index in [9.17, 15) is 4.79 Å². The summed E-state index contributed by atoms with van der Waals surface area (Å²) in [6, 6.07) is 9.21. The Labute approximate surface area is 124 Å². The zero-order valence-electron chi connectivity index (χ0n) is 11.7. The van der Waals surface area contributed by atoms with Crippen molar-refractivity contribution in [1.29, 1.82) is 0 Å². The number of rotatable bonds is 6. The number of ether oxygens (including phenoxy) is 1. The van der Waals surface area contributed by atoms with Gasteiger partial charge in [0.1, 0.15) is 5.75 Å². The van der Waals surface area contributed by atoms with E-state index < -0.39 is 0 Å². The minimum atomic E-state index is 0.110. The number of Topliss-reactive ketones (excluding diaryl/α,β-unsaturated/α-hetero) is 1. The van der Waals surface area contributed by atoms with Crippen LogP contribution in [0.5, 0.6) is 5.75 Å². The molecule has 1 aromatic carbocycles. The molecule has 4 heteroatoms. The summed E-state index contributed by atoms with van der Waals surface area (Å²) in [7, 11) is 0. The summed E-state index contributed by atoms with van der Waals surface area (Å²) in [6.07, 6.45) is 2.84. The summed E-state index contributed by atoms with van der Waals surface area (Å²) < 4.78 is 7.72. The Bertz CT molecular complexity index is 587.